The summed E-state index contributed by atoms with van der Waals surface area (Å²) >= 11 is 0. The molecule has 0 saturated carbocycles. The van der Waals surface area contributed by atoms with E-state index in [4.69, 9.17) is 15.2 Å². The lowest BCUT2D eigenvalue weighted by molar-refractivity contribution is 0.0335. The van der Waals surface area contributed by atoms with Crippen molar-refractivity contribution in [1.29, 1.82) is 0 Å². The maximum atomic E-state index is 11.6. The van der Waals surface area contributed by atoms with Gasteiger partial charge < -0.3 is 15.2 Å². The molecule has 4 nitrogen and oxygen atoms in total. The lowest BCUT2D eigenvalue weighted by Gasteiger charge is -2.05. The average Bonchev–Trinajstić information content (AvgIpc) is 2.34. The summed E-state index contributed by atoms with van der Waals surface area (Å²) < 4.78 is 10.1. The number of esters is 1. The Morgan fingerprint density at radius 1 is 1.38 bits per heavy atom. The maximum Gasteiger partial charge on any atom is 0.338 e. The van der Waals surface area contributed by atoms with Crippen LogP contribution in [0.4, 0.5) is 0 Å². The van der Waals surface area contributed by atoms with E-state index in [2.05, 4.69) is 0 Å². The highest BCUT2D eigenvalue weighted by Crippen LogP contribution is 2.06. The van der Waals surface area contributed by atoms with Gasteiger partial charge in [0.05, 0.1) is 12.2 Å². The van der Waals surface area contributed by atoms with Crippen LogP contribution in [0.1, 0.15) is 22.8 Å². The van der Waals surface area contributed by atoms with Gasteiger partial charge in [-0.05, 0) is 24.6 Å². The summed E-state index contributed by atoms with van der Waals surface area (Å²) in [4.78, 5) is 11.6. The van der Waals surface area contributed by atoms with Crippen LogP contribution >= 0.6 is 0 Å². The van der Waals surface area contributed by atoms with Crippen molar-refractivity contribution < 1.29 is 14.3 Å². The van der Waals surface area contributed by atoms with Crippen LogP contribution in [0.5, 0.6) is 0 Å². The smallest absolute Gasteiger partial charge is 0.338 e. The molecule has 16 heavy (non-hydrogen) atoms. The minimum absolute atomic E-state index is 0.277. The van der Waals surface area contributed by atoms with Crippen LogP contribution in [0.2, 0.25) is 0 Å². The molecular formula is C12H17NO3. The molecule has 1 aromatic rings. The number of carbonyl (C=O) groups excluding carboxylic acids is 1. The first kappa shape index (κ1) is 12.7. The van der Waals surface area contributed by atoms with Gasteiger partial charge in [-0.1, -0.05) is 12.1 Å². The number of hydrogen-bond acceptors (Lipinski definition) is 4. The molecule has 0 bridgehead atoms. The van der Waals surface area contributed by atoms with Crippen molar-refractivity contribution in [3.63, 3.8) is 0 Å². The first-order valence-electron chi connectivity index (χ1n) is 5.31. The van der Waals surface area contributed by atoms with Gasteiger partial charge in [0.25, 0.3) is 0 Å². The van der Waals surface area contributed by atoms with Crippen LogP contribution in [0.3, 0.4) is 0 Å². The second-order valence-electron chi connectivity index (χ2n) is 3.24. The van der Waals surface area contributed by atoms with Gasteiger partial charge in [0.1, 0.15) is 6.61 Å². The summed E-state index contributed by atoms with van der Waals surface area (Å²) in [7, 11) is 0. The molecule has 4 heteroatoms. The standard InChI is InChI=1S/C12H17NO3/c1-2-15-6-7-16-12(14)11-5-3-4-10(8-11)9-13/h3-5,8H,2,6-7,9,13H2,1H3. The molecule has 1 aromatic carbocycles. The topological polar surface area (TPSA) is 61.5 Å². The summed E-state index contributed by atoms with van der Waals surface area (Å²) in [5.74, 6) is -0.338. The van der Waals surface area contributed by atoms with Gasteiger partial charge in [0.15, 0.2) is 0 Å². The van der Waals surface area contributed by atoms with Crippen LogP contribution in [0.25, 0.3) is 0 Å². The molecule has 1 rings (SSSR count). The summed E-state index contributed by atoms with van der Waals surface area (Å²) in [5, 5.41) is 0. The molecule has 0 fully saturated rings. The van der Waals surface area contributed by atoms with Crippen LogP contribution in [-0.4, -0.2) is 25.8 Å². The highest BCUT2D eigenvalue weighted by atomic mass is 16.6. The van der Waals surface area contributed by atoms with Crippen LogP contribution in [-0.2, 0) is 16.0 Å². The Labute approximate surface area is 95.3 Å². The second-order valence-corrected chi connectivity index (χ2v) is 3.24. The Morgan fingerprint density at radius 3 is 2.88 bits per heavy atom. The fourth-order valence-corrected chi connectivity index (χ4v) is 1.25. The Balaban J connectivity index is 2.46. The Hall–Kier alpha value is -1.39. The molecule has 0 heterocycles. The predicted octanol–water partition coefficient (Wildman–Crippen LogP) is 1.34. The monoisotopic (exact) mass is 223 g/mol. The Bertz CT molecular complexity index is 339. The van der Waals surface area contributed by atoms with Gasteiger partial charge in [0.2, 0.25) is 0 Å². The number of carbonyl (C=O) groups is 1. The maximum absolute atomic E-state index is 11.6. The van der Waals surface area contributed by atoms with Gasteiger partial charge in [-0.25, -0.2) is 4.79 Å². The SMILES string of the molecule is CCOCCOC(=O)c1cccc(CN)c1. The van der Waals surface area contributed by atoms with Gasteiger partial charge in [-0.2, -0.15) is 0 Å². The van der Waals surface area contributed by atoms with Crippen molar-refractivity contribution in [2.24, 2.45) is 5.73 Å². The van der Waals surface area contributed by atoms with E-state index in [0.29, 0.717) is 25.3 Å². The van der Waals surface area contributed by atoms with Crippen molar-refractivity contribution >= 4 is 5.97 Å². The summed E-state index contributed by atoms with van der Waals surface area (Å²) in [6.07, 6.45) is 0. The van der Waals surface area contributed by atoms with Gasteiger partial charge in [-0.3, -0.25) is 0 Å². The fourth-order valence-electron chi connectivity index (χ4n) is 1.25. The quantitative estimate of drug-likeness (QED) is 0.584. The highest BCUT2D eigenvalue weighted by Gasteiger charge is 2.06. The minimum atomic E-state index is -0.338. The third-order valence-electron chi connectivity index (χ3n) is 2.06. The summed E-state index contributed by atoms with van der Waals surface area (Å²) in [6, 6.07) is 7.11. The van der Waals surface area contributed by atoms with Crippen molar-refractivity contribution in [2.45, 2.75) is 13.5 Å². The summed E-state index contributed by atoms with van der Waals surface area (Å²) in [5.41, 5.74) is 6.93. The van der Waals surface area contributed by atoms with Gasteiger partial charge in [0, 0.05) is 13.2 Å². The normalized spacial score (nSPS) is 10.1. The predicted molar refractivity (Wildman–Crippen MR) is 61.1 cm³/mol. The molecule has 0 unspecified atom stereocenters. The zero-order valence-corrected chi connectivity index (χ0v) is 9.44. The second kappa shape index (κ2) is 6.98. The van der Waals surface area contributed by atoms with Crippen molar-refractivity contribution in [3.8, 4) is 0 Å². The molecule has 0 atom stereocenters. The fraction of sp³-hybridized carbons (Fsp3) is 0.417. The number of nitrogens with two attached hydrogens (primary N) is 1. The van der Waals surface area contributed by atoms with Gasteiger partial charge >= 0.3 is 5.97 Å². The van der Waals surface area contributed by atoms with E-state index in [-0.39, 0.29) is 12.6 Å². The average molecular weight is 223 g/mol. The molecule has 0 radical (unpaired) electrons. The van der Waals surface area contributed by atoms with E-state index in [9.17, 15) is 4.79 Å². The third kappa shape index (κ3) is 4.00. The molecule has 0 aliphatic rings. The first-order chi connectivity index (χ1) is 7.77. The number of ether oxygens (including phenoxy) is 2. The zero-order valence-electron chi connectivity index (χ0n) is 9.44. The molecule has 2 N–H and O–H groups in total. The van der Waals surface area contributed by atoms with Crippen molar-refractivity contribution in [1.82, 2.24) is 0 Å². The van der Waals surface area contributed by atoms with E-state index < -0.39 is 0 Å². The van der Waals surface area contributed by atoms with E-state index in [0.717, 1.165) is 5.56 Å². The molecule has 88 valence electrons. The van der Waals surface area contributed by atoms with Crippen LogP contribution in [0, 0.1) is 0 Å². The third-order valence-corrected chi connectivity index (χ3v) is 2.06. The van der Waals surface area contributed by atoms with E-state index in [1.54, 1.807) is 18.2 Å². The number of hydrogen-bond donors (Lipinski definition) is 1. The van der Waals surface area contributed by atoms with Gasteiger partial charge in [-0.15, -0.1) is 0 Å². The van der Waals surface area contributed by atoms with Crippen LogP contribution < -0.4 is 5.73 Å². The molecule has 0 aliphatic carbocycles. The highest BCUT2D eigenvalue weighted by molar-refractivity contribution is 5.89. The molecule has 0 aromatic heterocycles. The molecule has 0 saturated heterocycles. The van der Waals surface area contributed by atoms with E-state index >= 15 is 0 Å². The largest absolute Gasteiger partial charge is 0.460 e. The minimum Gasteiger partial charge on any atom is -0.460 e. The van der Waals surface area contributed by atoms with Crippen molar-refractivity contribution in [3.05, 3.63) is 35.4 Å². The van der Waals surface area contributed by atoms with Crippen molar-refractivity contribution in [2.75, 3.05) is 19.8 Å². The Morgan fingerprint density at radius 2 is 2.19 bits per heavy atom. The zero-order chi connectivity index (χ0) is 11.8. The first-order valence-corrected chi connectivity index (χ1v) is 5.31. The molecule has 0 aliphatic heterocycles. The Kier molecular flexibility index (Phi) is 5.53. The lowest BCUT2D eigenvalue weighted by atomic mass is 10.1. The molecule has 0 amide bonds. The lowest BCUT2D eigenvalue weighted by Crippen LogP contribution is -2.11. The summed E-state index contributed by atoms with van der Waals surface area (Å²) in [6.45, 7) is 3.64. The number of benzene rings is 1. The van der Waals surface area contributed by atoms with E-state index in [1.165, 1.54) is 0 Å². The molecule has 0 spiro atoms. The number of rotatable bonds is 6. The molecular weight excluding hydrogens is 206 g/mol. The van der Waals surface area contributed by atoms with Crippen LogP contribution in [0.15, 0.2) is 24.3 Å². The van der Waals surface area contributed by atoms with E-state index in [1.807, 2.05) is 13.0 Å².